The lowest BCUT2D eigenvalue weighted by atomic mass is 10.1. The number of aromatic amines is 1. The molecule has 0 bridgehead atoms. The van der Waals surface area contributed by atoms with E-state index in [9.17, 15) is 4.79 Å². The van der Waals surface area contributed by atoms with E-state index in [1.54, 1.807) is 12.1 Å². The monoisotopic (exact) mass is 244 g/mol. The summed E-state index contributed by atoms with van der Waals surface area (Å²) in [4.78, 5) is 16.8. The van der Waals surface area contributed by atoms with Crippen LogP contribution in [0.3, 0.4) is 0 Å². The second-order valence-corrected chi connectivity index (χ2v) is 4.85. The first kappa shape index (κ1) is 11.3. The molecule has 94 valence electrons. The van der Waals surface area contributed by atoms with Crippen molar-refractivity contribution in [1.29, 1.82) is 0 Å². The molecule has 1 aromatic carbocycles. The quantitative estimate of drug-likeness (QED) is 0.872. The van der Waals surface area contributed by atoms with Gasteiger partial charge >= 0.3 is 5.97 Å². The summed E-state index contributed by atoms with van der Waals surface area (Å²) in [6.45, 7) is 3.16. The van der Waals surface area contributed by atoms with Crippen molar-refractivity contribution in [2.24, 2.45) is 0 Å². The first-order chi connectivity index (χ1) is 8.74. The molecule has 2 heterocycles. The molecule has 1 aliphatic heterocycles. The number of hydrogen-bond acceptors (Lipinski definition) is 2. The second kappa shape index (κ2) is 4.46. The van der Waals surface area contributed by atoms with Gasteiger partial charge in [0, 0.05) is 17.6 Å². The van der Waals surface area contributed by atoms with E-state index in [0.29, 0.717) is 5.56 Å². The Labute approximate surface area is 105 Å². The van der Waals surface area contributed by atoms with Crippen LogP contribution >= 0.6 is 0 Å². The number of H-pyrrole nitrogens is 1. The minimum Gasteiger partial charge on any atom is -0.478 e. The molecular weight excluding hydrogens is 228 g/mol. The third kappa shape index (κ3) is 1.99. The average Bonchev–Trinajstić information content (AvgIpc) is 2.96. The summed E-state index contributed by atoms with van der Waals surface area (Å²) >= 11 is 0. The van der Waals surface area contributed by atoms with Crippen molar-refractivity contribution in [3.63, 3.8) is 0 Å². The Hall–Kier alpha value is -1.81. The zero-order valence-electron chi connectivity index (χ0n) is 10.1. The Morgan fingerprint density at radius 3 is 2.83 bits per heavy atom. The number of nitrogens with zero attached hydrogens (tertiary/aromatic N) is 1. The van der Waals surface area contributed by atoms with E-state index in [1.807, 2.05) is 6.07 Å². The largest absolute Gasteiger partial charge is 0.478 e. The summed E-state index contributed by atoms with van der Waals surface area (Å²) < 4.78 is 0. The van der Waals surface area contributed by atoms with Crippen LogP contribution in [0.15, 0.2) is 24.3 Å². The molecule has 0 saturated carbocycles. The number of nitrogens with one attached hydrogen (secondary N) is 1. The molecule has 1 aliphatic rings. The van der Waals surface area contributed by atoms with Gasteiger partial charge in [0.15, 0.2) is 0 Å². The molecule has 2 N–H and O–H groups in total. The highest BCUT2D eigenvalue weighted by Gasteiger charge is 2.15. The van der Waals surface area contributed by atoms with Crippen molar-refractivity contribution < 1.29 is 9.90 Å². The lowest BCUT2D eigenvalue weighted by molar-refractivity contribution is 0.0699. The molecule has 18 heavy (non-hydrogen) atoms. The van der Waals surface area contributed by atoms with Crippen molar-refractivity contribution in [2.45, 2.75) is 19.4 Å². The Balaban J connectivity index is 1.94. The van der Waals surface area contributed by atoms with Gasteiger partial charge in [0.2, 0.25) is 0 Å². The number of carboxylic acids is 1. The highest BCUT2D eigenvalue weighted by molar-refractivity contribution is 6.02. The predicted molar refractivity (Wildman–Crippen MR) is 69.8 cm³/mol. The van der Waals surface area contributed by atoms with Crippen LogP contribution in [0.5, 0.6) is 0 Å². The number of carboxylic acid groups (broad SMARTS) is 1. The van der Waals surface area contributed by atoms with Gasteiger partial charge in [-0.3, -0.25) is 4.90 Å². The first-order valence-corrected chi connectivity index (χ1v) is 6.30. The summed E-state index contributed by atoms with van der Waals surface area (Å²) in [6.07, 6.45) is 2.53. The summed E-state index contributed by atoms with van der Waals surface area (Å²) in [6, 6.07) is 7.44. The highest BCUT2D eigenvalue weighted by atomic mass is 16.4. The molecule has 0 unspecified atom stereocenters. The lowest BCUT2D eigenvalue weighted by Gasteiger charge is -2.12. The molecule has 0 aliphatic carbocycles. The molecule has 0 spiro atoms. The van der Waals surface area contributed by atoms with E-state index >= 15 is 0 Å². The van der Waals surface area contributed by atoms with E-state index < -0.39 is 5.97 Å². The SMILES string of the molecule is O=C(O)c1cccc2cc(CN3CCCC3)[nH]c12. The van der Waals surface area contributed by atoms with E-state index in [4.69, 9.17) is 5.11 Å². The number of hydrogen-bond donors (Lipinski definition) is 2. The van der Waals surface area contributed by atoms with E-state index in [1.165, 1.54) is 12.8 Å². The number of aromatic carboxylic acids is 1. The summed E-state index contributed by atoms with van der Waals surface area (Å²) in [5.41, 5.74) is 2.18. The van der Waals surface area contributed by atoms with Gasteiger partial charge in [-0.25, -0.2) is 4.79 Å². The van der Waals surface area contributed by atoms with E-state index in [2.05, 4.69) is 16.0 Å². The number of rotatable bonds is 3. The molecule has 4 nitrogen and oxygen atoms in total. The molecule has 0 atom stereocenters. The van der Waals surface area contributed by atoms with Gasteiger partial charge in [0.05, 0.1) is 11.1 Å². The van der Waals surface area contributed by atoms with Crippen molar-refractivity contribution in [2.75, 3.05) is 13.1 Å². The molecule has 0 radical (unpaired) electrons. The molecule has 0 amide bonds. The standard InChI is InChI=1S/C14H16N2O2/c17-14(18)12-5-3-4-10-8-11(15-13(10)12)9-16-6-1-2-7-16/h3-5,8,15H,1-2,6-7,9H2,(H,17,18). The van der Waals surface area contributed by atoms with Crippen LogP contribution in [0.2, 0.25) is 0 Å². The van der Waals surface area contributed by atoms with Crippen LogP contribution in [-0.4, -0.2) is 34.0 Å². The Bertz CT molecular complexity index is 582. The Morgan fingerprint density at radius 1 is 1.33 bits per heavy atom. The molecule has 2 aromatic rings. The molecular formula is C14H16N2O2. The van der Waals surface area contributed by atoms with Crippen LogP contribution in [0.4, 0.5) is 0 Å². The number of fused-ring (bicyclic) bond motifs is 1. The molecule has 1 saturated heterocycles. The predicted octanol–water partition coefficient (Wildman–Crippen LogP) is 2.46. The molecule has 1 fully saturated rings. The van der Waals surface area contributed by atoms with Gasteiger partial charge in [-0.2, -0.15) is 0 Å². The molecule has 4 heteroatoms. The van der Waals surface area contributed by atoms with Gasteiger partial charge in [-0.1, -0.05) is 12.1 Å². The summed E-state index contributed by atoms with van der Waals surface area (Å²) in [5.74, 6) is -0.879. The van der Waals surface area contributed by atoms with Crippen LogP contribution in [0.25, 0.3) is 10.9 Å². The fraction of sp³-hybridized carbons (Fsp3) is 0.357. The maximum absolute atomic E-state index is 11.1. The summed E-state index contributed by atoms with van der Waals surface area (Å²) in [7, 11) is 0. The zero-order valence-corrected chi connectivity index (χ0v) is 10.1. The minimum atomic E-state index is -0.879. The van der Waals surface area contributed by atoms with E-state index in [0.717, 1.165) is 36.2 Å². The van der Waals surface area contributed by atoms with Gasteiger partial charge in [-0.15, -0.1) is 0 Å². The fourth-order valence-electron chi connectivity index (χ4n) is 2.66. The number of para-hydroxylation sites is 1. The van der Waals surface area contributed by atoms with Gasteiger partial charge < -0.3 is 10.1 Å². The fourth-order valence-corrected chi connectivity index (χ4v) is 2.66. The topological polar surface area (TPSA) is 56.3 Å². The zero-order chi connectivity index (χ0) is 12.5. The van der Waals surface area contributed by atoms with Gasteiger partial charge in [-0.05, 0) is 38.1 Å². The highest BCUT2D eigenvalue weighted by Crippen LogP contribution is 2.21. The van der Waals surface area contributed by atoms with Crippen LogP contribution in [-0.2, 0) is 6.54 Å². The van der Waals surface area contributed by atoms with Crippen molar-refractivity contribution in [3.8, 4) is 0 Å². The smallest absolute Gasteiger partial charge is 0.337 e. The lowest BCUT2D eigenvalue weighted by Crippen LogP contribution is -2.18. The van der Waals surface area contributed by atoms with Crippen LogP contribution in [0, 0.1) is 0 Å². The van der Waals surface area contributed by atoms with Crippen molar-refractivity contribution in [1.82, 2.24) is 9.88 Å². The summed E-state index contributed by atoms with van der Waals surface area (Å²) in [5, 5.41) is 10.1. The number of benzene rings is 1. The van der Waals surface area contributed by atoms with Gasteiger partial charge in [0.1, 0.15) is 0 Å². The van der Waals surface area contributed by atoms with E-state index in [-0.39, 0.29) is 0 Å². The molecule has 1 aromatic heterocycles. The Kier molecular flexibility index (Phi) is 2.80. The first-order valence-electron chi connectivity index (χ1n) is 6.30. The molecule has 3 rings (SSSR count). The Morgan fingerprint density at radius 2 is 2.11 bits per heavy atom. The number of likely N-dealkylation sites (tertiary alicyclic amines) is 1. The third-order valence-corrected chi connectivity index (χ3v) is 3.54. The number of aromatic nitrogens is 1. The van der Waals surface area contributed by atoms with Crippen LogP contribution in [0.1, 0.15) is 28.9 Å². The van der Waals surface area contributed by atoms with Crippen molar-refractivity contribution in [3.05, 3.63) is 35.5 Å². The minimum absolute atomic E-state index is 0.347. The van der Waals surface area contributed by atoms with Crippen molar-refractivity contribution >= 4 is 16.9 Å². The maximum atomic E-state index is 11.1. The van der Waals surface area contributed by atoms with Crippen LogP contribution < -0.4 is 0 Å². The third-order valence-electron chi connectivity index (χ3n) is 3.54. The average molecular weight is 244 g/mol. The van der Waals surface area contributed by atoms with Gasteiger partial charge in [0.25, 0.3) is 0 Å². The number of carbonyl (C=O) groups is 1. The maximum Gasteiger partial charge on any atom is 0.337 e. The normalized spacial score (nSPS) is 16.4. The second-order valence-electron chi connectivity index (χ2n) is 4.85.